The number of piperazine rings is 1. The van der Waals surface area contributed by atoms with Gasteiger partial charge in [0.1, 0.15) is 0 Å². The zero-order chi connectivity index (χ0) is 19.4. The first-order valence-electron chi connectivity index (χ1n) is 9.22. The average Bonchev–Trinajstić information content (AvgIpc) is 2.68. The lowest BCUT2D eigenvalue weighted by Crippen LogP contribution is -2.49. The first-order valence-corrected chi connectivity index (χ1v) is 10.7. The molecular formula is C18H26N4O4S. The van der Waals surface area contributed by atoms with Gasteiger partial charge in [0, 0.05) is 31.7 Å². The summed E-state index contributed by atoms with van der Waals surface area (Å²) in [6, 6.07) is 6.12. The van der Waals surface area contributed by atoms with Crippen LogP contribution in [-0.2, 0) is 14.8 Å². The zero-order valence-electron chi connectivity index (χ0n) is 15.5. The Morgan fingerprint density at radius 2 is 2.15 bits per heavy atom. The maximum Gasteiger partial charge on any atom is 0.253 e. The van der Waals surface area contributed by atoms with Crippen molar-refractivity contribution in [2.75, 3.05) is 46.3 Å². The molecule has 1 aromatic rings. The molecule has 2 saturated heterocycles. The standard InChI is InChI=1S/C18H26N4O4S/c1-19-11-14-4-3-8-21(12-14)18(24)15-5-2-6-16(10-15)27(25,26)22-9-7-20-17(23)13-22/h2,5-6,10,14,19H,3-4,7-9,11-13H2,1H3,(H,20,23). The number of carbonyl (C=O) groups excluding carboxylic acids is 2. The summed E-state index contributed by atoms with van der Waals surface area (Å²) < 4.78 is 26.8. The van der Waals surface area contributed by atoms with Crippen LogP contribution in [0.5, 0.6) is 0 Å². The maximum absolute atomic E-state index is 12.9. The quantitative estimate of drug-likeness (QED) is 0.725. The summed E-state index contributed by atoms with van der Waals surface area (Å²) in [5.41, 5.74) is 0.364. The fourth-order valence-electron chi connectivity index (χ4n) is 3.65. The van der Waals surface area contributed by atoms with E-state index in [9.17, 15) is 18.0 Å². The lowest BCUT2D eigenvalue weighted by molar-refractivity contribution is -0.122. The number of rotatable bonds is 5. The van der Waals surface area contributed by atoms with E-state index in [1.165, 1.54) is 12.1 Å². The summed E-state index contributed by atoms with van der Waals surface area (Å²) in [7, 11) is -1.91. The van der Waals surface area contributed by atoms with Crippen molar-refractivity contribution < 1.29 is 18.0 Å². The predicted molar refractivity (Wildman–Crippen MR) is 101 cm³/mol. The largest absolute Gasteiger partial charge is 0.354 e. The van der Waals surface area contributed by atoms with Crippen LogP contribution in [0.4, 0.5) is 0 Å². The molecule has 0 spiro atoms. The molecule has 1 atom stereocenters. The second-order valence-electron chi connectivity index (χ2n) is 7.03. The fraction of sp³-hybridized carbons (Fsp3) is 0.556. The van der Waals surface area contributed by atoms with Crippen LogP contribution in [0, 0.1) is 5.92 Å². The third-order valence-electron chi connectivity index (χ3n) is 5.02. The lowest BCUT2D eigenvalue weighted by Gasteiger charge is -2.33. The van der Waals surface area contributed by atoms with E-state index < -0.39 is 10.0 Å². The van der Waals surface area contributed by atoms with Crippen molar-refractivity contribution in [2.45, 2.75) is 17.7 Å². The molecule has 3 rings (SSSR count). The zero-order valence-corrected chi connectivity index (χ0v) is 16.3. The maximum atomic E-state index is 12.9. The molecule has 1 aromatic carbocycles. The highest BCUT2D eigenvalue weighted by Gasteiger charge is 2.30. The summed E-state index contributed by atoms with van der Waals surface area (Å²) in [5.74, 6) is -0.0586. The van der Waals surface area contributed by atoms with Crippen LogP contribution < -0.4 is 10.6 Å². The Labute approximate surface area is 160 Å². The number of amides is 2. The molecule has 9 heteroatoms. The van der Waals surface area contributed by atoms with Crippen LogP contribution in [-0.4, -0.2) is 75.8 Å². The van der Waals surface area contributed by atoms with Gasteiger partial charge in [0.15, 0.2) is 0 Å². The van der Waals surface area contributed by atoms with Crippen molar-refractivity contribution in [3.8, 4) is 0 Å². The number of piperidine rings is 1. The molecule has 2 aliphatic heterocycles. The lowest BCUT2D eigenvalue weighted by atomic mass is 9.97. The van der Waals surface area contributed by atoms with Gasteiger partial charge in [0.25, 0.3) is 5.91 Å². The van der Waals surface area contributed by atoms with E-state index in [0.717, 1.165) is 23.7 Å². The number of nitrogens with one attached hydrogen (secondary N) is 2. The van der Waals surface area contributed by atoms with Gasteiger partial charge in [-0.15, -0.1) is 0 Å². The van der Waals surface area contributed by atoms with E-state index in [1.54, 1.807) is 17.0 Å². The highest BCUT2D eigenvalue weighted by molar-refractivity contribution is 7.89. The van der Waals surface area contributed by atoms with Crippen LogP contribution in [0.2, 0.25) is 0 Å². The highest BCUT2D eigenvalue weighted by Crippen LogP contribution is 2.21. The van der Waals surface area contributed by atoms with Crippen molar-refractivity contribution in [1.82, 2.24) is 19.8 Å². The fourth-order valence-corrected chi connectivity index (χ4v) is 5.09. The van der Waals surface area contributed by atoms with E-state index in [1.807, 2.05) is 7.05 Å². The molecule has 148 valence electrons. The minimum Gasteiger partial charge on any atom is -0.354 e. The number of likely N-dealkylation sites (tertiary alicyclic amines) is 1. The van der Waals surface area contributed by atoms with E-state index in [2.05, 4.69) is 10.6 Å². The summed E-state index contributed by atoms with van der Waals surface area (Å²) in [4.78, 5) is 26.3. The van der Waals surface area contributed by atoms with Gasteiger partial charge in [-0.25, -0.2) is 8.42 Å². The van der Waals surface area contributed by atoms with Gasteiger partial charge in [-0.1, -0.05) is 6.07 Å². The molecule has 2 N–H and O–H groups in total. The smallest absolute Gasteiger partial charge is 0.253 e. The number of hydrogen-bond acceptors (Lipinski definition) is 5. The summed E-state index contributed by atoms with van der Waals surface area (Å²) in [6.07, 6.45) is 2.02. The van der Waals surface area contributed by atoms with Gasteiger partial charge >= 0.3 is 0 Å². The van der Waals surface area contributed by atoms with Crippen LogP contribution in [0.3, 0.4) is 0 Å². The molecular weight excluding hydrogens is 368 g/mol. The molecule has 1 unspecified atom stereocenters. The van der Waals surface area contributed by atoms with Crippen molar-refractivity contribution >= 4 is 21.8 Å². The van der Waals surface area contributed by atoms with Gasteiger partial charge < -0.3 is 15.5 Å². The molecule has 2 fully saturated rings. The molecule has 0 aromatic heterocycles. The third kappa shape index (κ3) is 4.48. The second-order valence-corrected chi connectivity index (χ2v) is 8.97. The Balaban J connectivity index is 1.78. The normalized spacial score (nSPS) is 21.7. The highest BCUT2D eigenvalue weighted by atomic mass is 32.2. The van der Waals surface area contributed by atoms with E-state index >= 15 is 0 Å². The van der Waals surface area contributed by atoms with Crippen molar-refractivity contribution in [3.05, 3.63) is 29.8 Å². The summed E-state index contributed by atoms with van der Waals surface area (Å²) >= 11 is 0. The Morgan fingerprint density at radius 3 is 2.89 bits per heavy atom. The molecule has 27 heavy (non-hydrogen) atoms. The van der Waals surface area contributed by atoms with Crippen molar-refractivity contribution in [3.63, 3.8) is 0 Å². The number of carbonyl (C=O) groups is 2. The van der Waals surface area contributed by atoms with E-state index in [4.69, 9.17) is 0 Å². The van der Waals surface area contributed by atoms with Crippen LogP contribution in [0.1, 0.15) is 23.2 Å². The number of sulfonamides is 1. The third-order valence-corrected chi connectivity index (χ3v) is 6.86. The molecule has 0 bridgehead atoms. The number of benzene rings is 1. The Hall–Kier alpha value is -1.97. The first-order chi connectivity index (χ1) is 12.9. The molecule has 0 radical (unpaired) electrons. The molecule has 2 heterocycles. The van der Waals surface area contributed by atoms with Gasteiger partial charge in [-0.2, -0.15) is 4.31 Å². The van der Waals surface area contributed by atoms with Gasteiger partial charge in [-0.3, -0.25) is 9.59 Å². The van der Waals surface area contributed by atoms with E-state index in [-0.39, 0.29) is 36.3 Å². The number of nitrogens with zero attached hydrogens (tertiary/aromatic N) is 2. The molecule has 2 aliphatic rings. The van der Waals surface area contributed by atoms with Crippen molar-refractivity contribution in [1.29, 1.82) is 0 Å². The van der Waals surface area contributed by atoms with Gasteiger partial charge in [0.2, 0.25) is 15.9 Å². The van der Waals surface area contributed by atoms with Crippen LogP contribution >= 0.6 is 0 Å². The monoisotopic (exact) mass is 394 g/mol. The van der Waals surface area contributed by atoms with Crippen molar-refractivity contribution in [2.24, 2.45) is 5.92 Å². The minimum absolute atomic E-state index is 0.0480. The first kappa shape index (κ1) is 19.8. The molecule has 0 saturated carbocycles. The molecule has 8 nitrogen and oxygen atoms in total. The molecule has 0 aliphatic carbocycles. The minimum atomic E-state index is -3.81. The summed E-state index contributed by atoms with van der Waals surface area (Å²) in [5, 5.41) is 5.76. The Bertz CT molecular complexity index is 809. The Kier molecular flexibility index (Phi) is 6.13. The van der Waals surface area contributed by atoms with Crippen LogP contribution in [0.15, 0.2) is 29.2 Å². The predicted octanol–water partition coefficient (Wildman–Crippen LogP) is -0.121. The second kappa shape index (κ2) is 8.37. The number of hydrogen-bond donors (Lipinski definition) is 2. The molecule has 2 amide bonds. The van der Waals surface area contributed by atoms with E-state index in [0.29, 0.717) is 24.6 Å². The Morgan fingerprint density at radius 1 is 1.33 bits per heavy atom. The topological polar surface area (TPSA) is 98.8 Å². The van der Waals surface area contributed by atoms with Gasteiger partial charge in [-0.05, 0) is 50.6 Å². The average molecular weight is 394 g/mol. The summed E-state index contributed by atoms with van der Waals surface area (Å²) in [6.45, 7) is 2.53. The van der Waals surface area contributed by atoms with Gasteiger partial charge in [0.05, 0.1) is 11.4 Å². The SMILES string of the molecule is CNCC1CCCN(C(=O)c2cccc(S(=O)(=O)N3CCNC(=O)C3)c2)C1. The van der Waals surface area contributed by atoms with Crippen LogP contribution in [0.25, 0.3) is 0 Å².